The van der Waals surface area contributed by atoms with Crippen LogP contribution in [0.5, 0.6) is 0 Å². The highest BCUT2D eigenvalue weighted by molar-refractivity contribution is 7.89. The van der Waals surface area contributed by atoms with Gasteiger partial charge in [0.2, 0.25) is 10.0 Å². The zero-order valence-electron chi connectivity index (χ0n) is 11.1. The Balaban J connectivity index is 1.97. The molecule has 7 heteroatoms. The van der Waals surface area contributed by atoms with Crippen LogP contribution in [0, 0.1) is 0 Å². The molecule has 0 saturated heterocycles. The molecule has 1 aromatic carbocycles. The summed E-state index contributed by atoms with van der Waals surface area (Å²) < 4.78 is 35.6. The quantitative estimate of drug-likeness (QED) is 0.835. The minimum atomic E-state index is -3.35. The van der Waals surface area contributed by atoms with Gasteiger partial charge < -0.3 is 9.26 Å². The van der Waals surface area contributed by atoms with Gasteiger partial charge in [0.15, 0.2) is 5.76 Å². The molecule has 0 saturated carbocycles. The van der Waals surface area contributed by atoms with Gasteiger partial charge in [-0.3, -0.25) is 0 Å². The summed E-state index contributed by atoms with van der Waals surface area (Å²) in [6, 6.07) is 11.2. The third-order valence-electron chi connectivity index (χ3n) is 2.65. The van der Waals surface area contributed by atoms with E-state index in [-0.39, 0.29) is 18.9 Å². The minimum Gasteiger partial charge on any atom is -0.384 e. The Hall–Kier alpha value is -1.70. The van der Waals surface area contributed by atoms with E-state index in [1.165, 1.54) is 7.11 Å². The van der Waals surface area contributed by atoms with E-state index in [0.717, 1.165) is 5.56 Å². The van der Waals surface area contributed by atoms with Crippen LogP contribution < -0.4 is 4.72 Å². The second-order valence-corrected chi connectivity index (χ2v) is 6.11. The zero-order chi connectivity index (χ0) is 14.4. The Morgan fingerprint density at radius 1 is 1.30 bits per heavy atom. The van der Waals surface area contributed by atoms with Crippen LogP contribution in [0.1, 0.15) is 5.69 Å². The predicted octanol–water partition coefficient (Wildman–Crippen LogP) is 1.41. The van der Waals surface area contributed by atoms with Crippen molar-refractivity contribution >= 4 is 10.0 Å². The van der Waals surface area contributed by atoms with Crippen molar-refractivity contribution in [2.24, 2.45) is 0 Å². The highest BCUT2D eigenvalue weighted by Gasteiger charge is 2.12. The standard InChI is InChI=1S/C13H16N2O4S/c1-18-7-8-20(16,17)14-10-12-9-13(19-15-12)11-5-3-2-4-6-11/h2-6,9,14H,7-8,10H2,1H3. The number of rotatable bonds is 7. The monoisotopic (exact) mass is 296 g/mol. The highest BCUT2D eigenvalue weighted by Crippen LogP contribution is 2.19. The van der Waals surface area contributed by atoms with Crippen molar-refractivity contribution in [3.8, 4) is 11.3 Å². The average molecular weight is 296 g/mol. The number of hydrogen-bond donors (Lipinski definition) is 1. The lowest BCUT2D eigenvalue weighted by atomic mass is 10.2. The molecule has 108 valence electrons. The van der Waals surface area contributed by atoms with E-state index < -0.39 is 10.0 Å². The van der Waals surface area contributed by atoms with Crippen LogP contribution in [0.25, 0.3) is 11.3 Å². The first-order valence-corrected chi connectivity index (χ1v) is 7.73. The molecule has 0 bridgehead atoms. The number of nitrogens with zero attached hydrogens (tertiary/aromatic N) is 1. The third kappa shape index (κ3) is 4.16. The number of benzene rings is 1. The van der Waals surface area contributed by atoms with E-state index in [4.69, 9.17) is 9.26 Å². The van der Waals surface area contributed by atoms with Gasteiger partial charge in [0.25, 0.3) is 0 Å². The number of ether oxygens (including phenoxy) is 1. The van der Waals surface area contributed by atoms with Crippen LogP contribution >= 0.6 is 0 Å². The molecule has 0 radical (unpaired) electrons. The maximum absolute atomic E-state index is 11.6. The van der Waals surface area contributed by atoms with Crippen molar-refractivity contribution in [1.29, 1.82) is 0 Å². The normalized spacial score (nSPS) is 11.7. The van der Waals surface area contributed by atoms with Crippen molar-refractivity contribution in [2.75, 3.05) is 19.5 Å². The Bertz CT molecular complexity index is 637. The van der Waals surface area contributed by atoms with E-state index in [2.05, 4.69) is 9.88 Å². The second-order valence-electron chi connectivity index (χ2n) is 4.18. The summed E-state index contributed by atoms with van der Waals surface area (Å²) >= 11 is 0. The predicted molar refractivity (Wildman–Crippen MR) is 74.4 cm³/mol. The topological polar surface area (TPSA) is 81.4 Å². The fourth-order valence-corrected chi connectivity index (χ4v) is 2.48. The van der Waals surface area contributed by atoms with Gasteiger partial charge in [-0.25, -0.2) is 13.1 Å². The van der Waals surface area contributed by atoms with Gasteiger partial charge in [0, 0.05) is 18.7 Å². The van der Waals surface area contributed by atoms with Gasteiger partial charge in [-0.1, -0.05) is 35.5 Å². The summed E-state index contributed by atoms with van der Waals surface area (Å²) in [7, 11) is -1.90. The van der Waals surface area contributed by atoms with Gasteiger partial charge in [0.05, 0.1) is 24.6 Å². The van der Waals surface area contributed by atoms with Crippen molar-refractivity contribution < 1.29 is 17.7 Å². The van der Waals surface area contributed by atoms with Crippen molar-refractivity contribution in [3.05, 3.63) is 42.1 Å². The molecule has 0 atom stereocenters. The largest absolute Gasteiger partial charge is 0.384 e. The lowest BCUT2D eigenvalue weighted by Crippen LogP contribution is -2.27. The molecule has 0 amide bonds. The molecule has 6 nitrogen and oxygen atoms in total. The van der Waals surface area contributed by atoms with Crippen LogP contribution in [-0.2, 0) is 21.3 Å². The molecule has 0 aliphatic heterocycles. The van der Waals surface area contributed by atoms with Gasteiger partial charge in [-0.2, -0.15) is 0 Å². The first-order valence-electron chi connectivity index (χ1n) is 6.08. The lowest BCUT2D eigenvalue weighted by molar-refractivity contribution is 0.217. The van der Waals surface area contributed by atoms with Crippen LogP contribution in [0.4, 0.5) is 0 Å². The Labute approximate surface area is 117 Å². The smallest absolute Gasteiger partial charge is 0.214 e. The molecule has 1 aromatic heterocycles. The van der Waals surface area contributed by atoms with E-state index in [0.29, 0.717) is 11.5 Å². The summed E-state index contributed by atoms with van der Waals surface area (Å²) in [4.78, 5) is 0. The summed E-state index contributed by atoms with van der Waals surface area (Å²) in [6.45, 7) is 0.256. The molecular weight excluding hydrogens is 280 g/mol. The van der Waals surface area contributed by atoms with Crippen molar-refractivity contribution in [1.82, 2.24) is 9.88 Å². The molecule has 0 unspecified atom stereocenters. The van der Waals surface area contributed by atoms with Crippen LogP contribution in [-0.4, -0.2) is 33.0 Å². The van der Waals surface area contributed by atoms with E-state index in [1.807, 2.05) is 30.3 Å². The van der Waals surface area contributed by atoms with Crippen molar-refractivity contribution in [2.45, 2.75) is 6.54 Å². The van der Waals surface area contributed by atoms with Crippen LogP contribution in [0.3, 0.4) is 0 Å². The maximum Gasteiger partial charge on any atom is 0.214 e. The number of hydrogen-bond acceptors (Lipinski definition) is 5. The summed E-state index contributed by atoms with van der Waals surface area (Å²) in [5.74, 6) is 0.532. The molecule has 0 fully saturated rings. The van der Waals surface area contributed by atoms with Crippen molar-refractivity contribution in [3.63, 3.8) is 0 Å². The molecular formula is C13H16N2O4S. The third-order valence-corrected chi connectivity index (χ3v) is 3.93. The average Bonchev–Trinajstić information content (AvgIpc) is 2.93. The van der Waals surface area contributed by atoms with E-state index >= 15 is 0 Å². The van der Waals surface area contributed by atoms with Gasteiger partial charge in [-0.05, 0) is 0 Å². The second kappa shape index (κ2) is 6.65. The van der Waals surface area contributed by atoms with Gasteiger partial charge in [-0.15, -0.1) is 0 Å². The lowest BCUT2D eigenvalue weighted by Gasteiger charge is -2.03. The fraction of sp³-hybridized carbons (Fsp3) is 0.308. The van der Waals surface area contributed by atoms with Gasteiger partial charge in [0.1, 0.15) is 0 Å². The molecule has 20 heavy (non-hydrogen) atoms. The highest BCUT2D eigenvalue weighted by atomic mass is 32.2. The SMILES string of the molecule is COCCS(=O)(=O)NCc1cc(-c2ccccc2)on1. The first-order chi connectivity index (χ1) is 9.61. The maximum atomic E-state index is 11.6. The van der Waals surface area contributed by atoms with E-state index in [9.17, 15) is 8.42 Å². The number of nitrogens with one attached hydrogen (secondary N) is 1. The molecule has 2 aromatic rings. The molecule has 0 spiro atoms. The summed E-state index contributed by atoms with van der Waals surface area (Å²) in [6.07, 6.45) is 0. The Kier molecular flexibility index (Phi) is 4.89. The van der Waals surface area contributed by atoms with Crippen LogP contribution in [0.15, 0.2) is 40.9 Å². The molecule has 0 aliphatic rings. The zero-order valence-corrected chi connectivity index (χ0v) is 11.9. The number of sulfonamides is 1. The Morgan fingerprint density at radius 3 is 2.75 bits per heavy atom. The van der Waals surface area contributed by atoms with Gasteiger partial charge >= 0.3 is 0 Å². The molecule has 1 heterocycles. The summed E-state index contributed by atoms with van der Waals surface area (Å²) in [5.41, 5.74) is 1.43. The molecule has 1 N–H and O–H groups in total. The number of aromatic nitrogens is 1. The first kappa shape index (κ1) is 14.7. The minimum absolute atomic E-state index is 0.0765. The fourth-order valence-electron chi connectivity index (χ4n) is 1.58. The molecule has 0 aliphatic carbocycles. The molecule has 2 rings (SSSR count). The Morgan fingerprint density at radius 2 is 2.05 bits per heavy atom. The number of methoxy groups -OCH3 is 1. The summed E-state index contributed by atoms with van der Waals surface area (Å²) in [5, 5.41) is 3.84. The van der Waals surface area contributed by atoms with E-state index in [1.54, 1.807) is 6.07 Å². The van der Waals surface area contributed by atoms with Crippen LogP contribution in [0.2, 0.25) is 0 Å².